The van der Waals surface area contributed by atoms with Gasteiger partial charge in [-0.05, 0) is 37.9 Å². The summed E-state index contributed by atoms with van der Waals surface area (Å²) in [4.78, 5) is 23.2. The van der Waals surface area contributed by atoms with Gasteiger partial charge in [0.05, 0.1) is 0 Å². The van der Waals surface area contributed by atoms with Gasteiger partial charge in [-0.15, -0.1) is 0 Å². The second kappa shape index (κ2) is 5.32. The van der Waals surface area contributed by atoms with E-state index in [-0.39, 0.29) is 0 Å². The molecule has 3 nitrogen and oxygen atoms in total. The predicted molar refractivity (Wildman–Crippen MR) is 65.9 cm³/mol. The van der Waals surface area contributed by atoms with Gasteiger partial charge in [-0.2, -0.15) is 0 Å². The maximum atomic E-state index is 11.9. The van der Waals surface area contributed by atoms with Crippen LogP contribution < -0.4 is 0 Å². The lowest BCUT2D eigenvalue weighted by Crippen LogP contribution is -2.30. The number of esters is 1. The highest BCUT2D eigenvalue weighted by molar-refractivity contribution is 6.66. The monoisotopic (exact) mass is 254 g/mol. The van der Waals surface area contributed by atoms with Crippen molar-refractivity contribution in [3.8, 4) is 0 Å². The highest BCUT2D eigenvalue weighted by Crippen LogP contribution is 2.23. The van der Waals surface area contributed by atoms with Gasteiger partial charge in [0, 0.05) is 0 Å². The third-order valence-electron chi connectivity index (χ3n) is 2.00. The molecule has 0 saturated carbocycles. The molecular weight excluding hydrogens is 240 g/mol. The Kier molecular flexibility index (Phi) is 4.29. The fourth-order valence-electron chi connectivity index (χ4n) is 1.37. The summed E-state index contributed by atoms with van der Waals surface area (Å²) >= 11 is 5.46. The van der Waals surface area contributed by atoms with Crippen molar-refractivity contribution in [2.75, 3.05) is 0 Å². The Labute approximate surface area is 106 Å². The predicted octanol–water partition coefficient (Wildman–Crippen LogP) is 2.88. The van der Waals surface area contributed by atoms with Crippen molar-refractivity contribution >= 4 is 22.8 Å². The lowest BCUT2D eigenvalue weighted by atomic mass is 10.0. The van der Waals surface area contributed by atoms with Crippen LogP contribution in [0, 0.1) is 0 Å². The molecule has 0 radical (unpaired) electrons. The number of hydrogen-bond acceptors (Lipinski definition) is 3. The molecule has 0 saturated heterocycles. The zero-order chi connectivity index (χ0) is 13.1. The van der Waals surface area contributed by atoms with E-state index in [0.29, 0.717) is 5.56 Å². The summed E-state index contributed by atoms with van der Waals surface area (Å²) < 4.78 is 5.17. The molecule has 1 aromatic rings. The number of benzene rings is 1. The van der Waals surface area contributed by atoms with Crippen molar-refractivity contribution in [2.45, 2.75) is 32.3 Å². The molecule has 0 unspecified atom stereocenters. The third-order valence-corrected chi connectivity index (χ3v) is 2.22. The number of rotatable bonds is 3. The van der Waals surface area contributed by atoms with Gasteiger partial charge in [-0.1, -0.05) is 30.3 Å². The van der Waals surface area contributed by atoms with Gasteiger partial charge in [-0.25, -0.2) is 0 Å². The number of carbonyl (C=O) groups excluding carboxylic acids is 2. The van der Waals surface area contributed by atoms with Gasteiger partial charge in [0.2, 0.25) is 5.24 Å². The third kappa shape index (κ3) is 4.19. The van der Waals surface area contributed by atoms with E-state index in [9.17, 15) is 9.59 Å². The number of ether oxygens (including phenoxy) is 1. The molecule has 0 aliphatic carbocycles. The largest absolute Gasteiger partial charge is 0.459 e. The average molecular weight is 255 g/mol. The van der Waals surface area contributed by atoms with Crippen molar-refractivity contribution in [3.05, 3.63) is 35.9 Å². The van der Waals surface area contributed by atoms with Gasteiger partial charge >= 0.3 is 5.97 Å². The molecular formula is C13H15ClO3. The summed E-state index contributed by atoms with van der Waals surface area (Å²) in [7, 11) is 0. The van der Waals surface area contributed by atoms with Gasteiger partial charge < -0.3 is 4.74 Å². The van der Waals surface area contributed by atoms with Crippen LogP contribution in [0.4, 0.5) is 0 Å². The fourth-order valence-corrected chi connectivity index (χ4v) is 1.58. The van der Waals surface area contributed by atoms with Gasteiger partial charge in [0.15, 0.2) is 5.92 Å². The quantitative estimate of drug-likeness (QED) is 0.473. The molecule has 0 fully saturated rings. The van der Waals surface area contributed by atoms with Crippen LogP contribution in [0.2, 0.25) is 0 Å². The fraction of sp³-hybridized carbons (Fsp3) is 0.385. The van der Waals surface area contributed by atoms with Crippen LogP contribution in [0.15, 0.2) is 30.3 Å². The Hall–Kier alpha value is -1.35. The Bertz CT molecular complexity index is 406. The minimum atomic E-state index is -1.06. The van der Waals surface area contributed by atoms with Gasteiger partial charge in [0.1, 0.15) is 5.60 Å². The molecule has 0 heterocycles. The zero-order valence-corrected chi connectivity index (χ0v) is 10.8. The summed E-state index contributed by atoms with van der Waals surface area (Å²) in [6, 6.07) is 8.64. The van der Waals surface area contributed by atoms with Gasteiger partial charge in [0.25, 0.3) is 0 Å². The van der Waals surface area contributed by atoms with E-state index >= 15 is 0 Å². The van der Waals surface area contributed by atoms with E-state index in [2.05, 4.69) is 0 Å². The number of hydrogen-bond donors (Lipinski definition) is 0. The average Bonchev–Trinajstić information content (AvgIpc) is 2.15. The molecule has 4 heteroatoms. The van der Waals surface area contributed by atoms with Crippen molar-refractivity contribution in [3.63, 3.8) is 0 Å². The second-order valence-corrected chi connectivity index (χ2v) is 5.05. The molecule has 92 valence electrons. The molecule has 0 aliphatic heterocycles. The Morgan fingerprint density at radius 2 is 1.71 bits per heavy atom. The smallest absolute Gasteiger partial charge is 0.322 e. The molecule has 0 amide bonds. The van der Waals surface area contributed by atoms with E-state index in [1.54, 1.807) is 51.1 Å². The van der Waals surface area contributed by atoms with Crippen LogP contribution in [-0.2, 0) is 14.3 Å². The highest BCUT2D eigenvalue weighted by Gasteiger charge is 2.31. The number of carbonyl (C=O) groups is 2. The molecule has 0 aromatic heterocycles. The van der Waals surface area contributed by atoms with Crippen molar-refractivity contribution < 1.29 is 14.3 Å². The minimum absolute atomic E-state index is 0.543. The first-order valence-corrected chi connectivity index (χ1v) is 5.66. The molecule has 1 atom stereocenters. The van der Waals surface area contributed by atoms with E-state index in [0.717, 1.165) is 0 Å². The summed E-state index contributed by atoms with van der Waals surface area (Å²) in [5, 5.41) is -0.731. The first-order chi connectivity index (χ1) is 7.81. The van der Waals surface area contributed by atoms with Gasteiger partial charge in [-0.3, -0.25) is 9.59 Å². The van der Waals surface area contributed by atoms with Crippen LogP contribution in [-0.4, -0.2) is 16.8 Å². The summed E-state index contributed by atoms with van der Waals surface area (Å²) in [5.41, 5.74) is -0.0991. The summed E-state index contributed by atoms with van der Waals surface area (Å²) in [5.74, 6) is -1.68. The lowest BCUT2D eigenvalue weighted by Gasteiger charge is -2.22. The zero-order valence-electron chi connectivity index (χ0n) is 10.1. The molecule has 1 rings (SSSR count). The maximum absolute atomic E-state index is 11.9. The summed E-state index contributed by atoms with van der Waals surface area (Å²) in [6.45, 7) is 5.23. The minimum Gasteiger partial charge on any atom is -0.459 e. The van der Waals surface area contributed by atoms with E-state index in [1.807, 2.05) is 0 Å². The highest BCUT2D eigenvalue weighted by atomic mass is 35.5. The van der Waals surface area contributed by atoms with E-state index in [1.165, 1.54) is 0 Å². The molecule has 1 aromatic carbocycles. The van der Waals surface area contributed by atoms with Crippen LogP contribution in [0.5, 0.6) is 0 Å². The van der Waals surface area contributed by atoms with Crippen LogP contribution in [0.25, 0.3) is 0 Å². The van der Waals surface area contributed by atoms with Crippen molar-refractivity contribution in [1.82, 2.24) is 0 Å². The number of halogens is 1. The molecule has 0 aliphatic rings. The molecule has 17 heavy (non-hydrogen) atoms. The standard InChI is InChI=1S/C13H15ClO3/c1-13(2,3)17-12(16)10(11(14)15)9-7-5-4-6-8-9/h4-8,10H,1-3H3/t10-/m0/s1. The first kappa shape index (κ1) is 13.7. The SMILES string of the molecule is CC(C)(C)OC(=O)[C@H](C(=O)Cl)c1ccccc1. The van der Waals surface area contributed by atoms with Crippen LogP contribution in [0.3, 0.4) is 0 Å². The lowest BCUT2D eigenvalue weighted by molar-refractivity contribution is -0.157. The van der Waals surface area contributed by atoms with Crippen LogP contribution >= 0.6 is 11.6 Å². The second-order valence-electron chi connectivity index (χ2n) is 4.68. The summed E-state index contributed by atoms with van der Waals surface area (Å²) in [6.07, 6.45) is 0. The molecule has 0 bridgehead atoms. The van der Waals surface area contributed by atoms with Crippen molar-refractivity contribution in [1.29, 1.82) is 0 Å². The van der Waals surface area contributed by atoms with Crippen molar-refractivity contribution in [2.24, 2.45) is 0 Å². The Morgan fingerprint density at radius 1 is 1.18 bits per heavy atom. The molecule has 0 spiro atoms. The Balaban J connectivity index is 2.96. The Morgan fingerprint density at radius 3 is 2.12 bits per heavy atom. The molecule has 0 N–H and O–H groups in total. The van der Waals surface area contributed by atoms with Crippen LogP contribution in [0.1, 0.15) is 32.3 Å². The maximum Gasteiger partial charge on any atom is 0.322 e. The first-order valence-electron chi connectivity index (χ1n) is 5.28. The normalized spacial score (nSPS) is 12.9. The van der Waals surface area contributed by atoms with E-state index in [4.69, 9.17) is 16.3 Å². The van der Waals surface area contributed by atoms with E-state index < -0.39 is 22.7 Å². The topological polar surface area (TPSA) is 43.4 Å².